The molecule has 0 spiro atoms. The van der Waals surface area contributed by atoms with E-state index in [4.69, 9.17) is 0 Å². The van der Waals surface area contributed by atoms with Gasteiger partial charge in [-0.25, -0.2) is 4.39 Å². The van der Waals surface area contributed by atoms with E-state index in [2.05, 4.69) is 39.0 Å². The third-order valence-electron chi connectivity index (χ3n) is 3.75. The van der Waals surface area contributed by atoms with Crippen LogP contribution in [0.25, 0.3) is 0 Å². The monoisotopic (exact) mass is 283 g/mol. The molecule has 0 bridgehead atoms. The molecule has 2 unspecified atom stereocenters. The van der Waals surface area contributed by atoms with E-state index < -0.39 is 6.17 Å². The predicted octanol–water partition coefficient (Wildman–Crippen LogP) is 3.48. The Morgan fingerprint density at radius 2 is 2.19 bits per heavy atom. The Morgan fingerprint density at radius 3 is 2.94 bits per heavy atom. The van der Waals surface area contributed by atoms with E-state index in [1.165, 1.54) is 11.1 Å². The number of aryl methyl sites for hydroxylation is 1. The second kappa shape index (κ2) is 4.11. The molecule has 86 valence electrons. The summed E-state index contributed by atoms with van der Waals surface area (Å²) < 4.78 is 14.4. The van der Waals surface area contributed by atoms with Crippen LogP contribution in [0, 0.1) is 0 Å². The first-order valence-electron chi connectivity index (χ1n) is 5.90. The summed E-state index contributed by atoms with van der Waals surface area (Å²) in [5, 5.41) is 0. The summed E-state index contributed by atoms with van der Waals surface area (Å²) in [7, 11) is 0. The fraction of sp³-hybridized carbons (Fsp3) is 0.538. The van der Waals surface area contributed by atoms with Crippen molar-refractivity contribution < 1.29 is 4.39 Å². The van der Waals surface area contributed by atoms with Crippen LogP contribution in [-0.4, -0.2) is 24.2 Å². The van der Waals surface area contributed by atoms with Gasteiger partial charge in [0.15, 0.2) is 0 Å². The first-order chi connectivity index (χ1) is 7.74. The number of nitrogens with zero attached hydrogens (tertiary/aromatic N) is 1. The fourth-order valence-corrected chi connectivity index (χ4v) is 3.38. The Kier molecular flexibility index (Phi) is 2.76. The molecule has 1 saturated heterocycles. The molecular weight excluding hydrogens is 269 g/mol. The zero-order valence-corrected chi connectivity index (χ0v) is 10.7. The number of likely N-dealkylation sites (tertiary alicyclic amines) is 1. The molecule has 1 aliphatic heterocycles. The van der Waals surface area contributed by atoms with E-state index in [1.54, 1.807) is 0 Å². The van der Waals surface area contributed by atoms with Gasteiger partial charge in [-0.2, -0.15) is 0 Å². The summed E-state index contributed by atoms with van der Waals surface area (Å²) in [6, 6.07) is 6.96. The molecule has 3 rings (SSSR count). The number of alkyl halides is 1. The van der Waals surface area contributed by atoms with Crippen molar-refractivity contribution in [2.75, 3.05) is 13.1 Å². The SMILES string of the molecule is FC1CCN(C2CCc3cc(Br)ccc32)C1. The van der Waals surface area contributed by atoms with Gasteiger partial charge in [0, 0.05) is 23.6 Å². The van der Waals surface area contributed by atoms with Gasteiger partial charge in [0.1, 0.15) is 6.17 Å². The van der Waals surface area contributed by atoms with Crippen molar-refractivity contribution in [3.8, 4) is 0 Å². The lowest BCUT2D eigenvalue weighted by atomic mass is 10.1. The minimum atomic E-state index is -0.612. The smallest absolute Gasteiger partial charge is 0.114 e. The number of hydrogen-bond acceptors (Lipinski definition) is 1. The largest absolute Gasteiger partial charge is 0.293 e. The molecular formula is C13H15BrFN. The zero-order valence-electron chi connectivity index (χ0n) is 9.13. The number of fused-ring (bicyclic) bond motifs is 1. The molecule has 2 aliphatic rings. The van der Waals surface area contributed by atoms with Gasteiger partial charge in [-0.15, -0.1) is 0 Å². The molecule has 2 atom stereocenters. The van der Waals surface area contributed by atoms with Crippen LogP contribution in [0.3, 0.4) is 0 Å². The highest BCUT2D eigenvalue weighted by Crippen LogP contribution is 2.38. The first-order valence-corrected chi connectivity index (χ1v) is 6.70. The normalized spacial score (nSPS) is 29.6. The molecule has 1 aromatic rings. The van der Waals surface area contributed by atoms with Crippen LogP contribution in [0.15, 0.2) is 22.7 Å². The molecule has 0 N–H and O–H groups in total. The minimum Gasteiger partial charge on any atom is -0.293 e. The number of benzene rings is 1. The van der Waals surface area contributed by atoms with Crippen molar-refractivity contribution in [3.63, 3.8) is 0 Å². The number of halogens is 2. The van der Waals surface area contributed by atoms with Crippen LogP contribution in [0.1, 0.15) is 30.0 Å². The van der Waals surface area contributed by atoms with Gasteiger partial charge in [-0.1, -0.05) is 22.0 Å². The predicted molar refractivity (Wildman–Crippen MR) is 66.3 cm³/mol. The third kappa shape index (κ3) is 1.80. The molecule has 0 amide bonds. The highest BCUT2D eigenvalue weighted by Gasteiger charge is 2.32. The van der Waals surface area contributed by atoms with Crippen LogP contribution in [-0.2, 0) is 6.42 Å². The summed E-state index contributed by atoms with van der Waals surface area (Å²) in [5.74, 6) is 0. The van der Waals surface area contributed by atoms with Crippen molar-refractivity contribution in [1.29, 1.82) is 0 Å². The Bertz CT molecular complexity index is 407. The van der Waals surface area contributed by atoms with Crippen molar-refractivity contribution in [2.45, 2.75) is 31.5 Å². The molecule has 1 aliphatic carbocycles. The van der Waals surface area contributed by atoms with Gasteiger partial charge in [0.05, 0.1) is 0 Å². The highest BCUT2D eigenvalue weighted by atomic mass is 79.9. The van der Waals surface area contributed by atoms with E-state index in [9.17, 15) is 4.39 Å². The Balaban J connectivity index is 1.86. The van der Waals surface area contributed by atoms with E-state index in [1.807, 2.05) is 0 Å². The zero-order chi connectivity index (χ0) is 11.1. The summed E-state index contributed by atoms with van der Waals surface area (Å²) in [6.45, 7) is 1.54. The number of hydrogen-bond donors (Lipinski definition) is 0. The Labute approximate surface area is 104 Å². The van der Waals surface area contributed by atoms with E-state index in [0.717, 1.165) is 23.9 Å². The van der Waals surface area contributed by atoms with Crippen LogP contribution in [0.2, 0.25) is 0 Å². The lowest BCUT2D eigenvalue weighted by Gasteiger charge is -2.24. The molecule has 1 aromatic carbocycles. The number of rotatable bonds is 1. The Morgan fingerprint density at radius 1 is 1.31 bits per heavy atom. The highest BCUT2D eigenvalue weighted by molar-refractivity contribution is 9.10. The van der Waals surface area contributed by atoms with Gasteiger partial charge in [-0.3, -0.25) is 4.90 Å². The molecule has 0 aromatic heterocycles. The van der Waals surface area contributed by atoms with Gasteiger partial charge < -0.3 is 0 Å². The van der Waals surface area contributed by atoms with E-state index in [-0.39, 0.29) is 0 Å². The quantitative estimate of drug-likeness (QED) is 0.763. The van der Waals surface area contributed by atoms with E-state index >= 15 is 0 Å². The summed E-state index contributed by atoms with van der Waals surface area (Å²) in [6.07, 6.45) is 2.38. The molecule has 0 saturated carbocycles. The summed E-state index contributed by atoms with van der Waals surface area (Å²) in [5.41, 5.74) is 2.85. The van der Waals surface area contributed by atoms with Crippen LogP contribution < -0.4 is 0 Å². The molecule has 1 nitrogen and oxygen atoms in total. The second-order valence-corrected chi connectivity index (χ2v) is 5.69. The average molecular weight is 284 g/mol. The van der Waals surface area contributed by atoms with Crippen molar-refractivity contribution in [1.82, 2.24) is 4.90 Å². The lowest BCUT2D eigenvalue weighted by molar-refractivity contribution is 0.222. The van der Waals surface area contributed by atoms with Gasteiger partial charge in [0.25, 0.3) is 0 Å². The maximum Gasteiger partial charge on any atom is 0.114 e. The van der Waals surface area contributed by atoms with Gasteiger partial charge >= 0.3 is 0 Å². The van der Waals surface area contributed by atoms with Crippen molar-refractivity contribution in [3.05, 3.63) is 33.8 Å². The standard InChI is InChI=1S/C13H15BrFN/c14-10-2-3-12-9(7-10)1-4-13(12)16-6-5-11(15)8-16/h2-3,7,11,13H,1,4-6,8H2. The van der Waals surface area contributed by atoms with Crippen LogP contribution in [0.4, 0.5) is 4.39 Å². The summed E-state index contributed by atoms with van der Waals surface area (Å²) in [4.78, 5) is 2.31. The Hall–Kier alpha value is -0.410. The topological polar surface area (TPSA) is 3.24 Å². The van der Waals surface area contributed by atoms with Gasteiger partial charge in [-0.05, 0) is 42.5 Å². The fourth-order valence-electron chi connectivity index (χ4n) is 2.97. The lowest BCUT2D eigenvalue weighted by Crippen LogP contribution is -2.25. The van der Waals surface area contributed by atoms with E-state index in [0.29, 0.717) is 19.0 Å². The first kappa shape index (κ1) is 10.7. The molecule has 16 heavy (non-hydrogen) atoms. The maximum atomic E-state index is 13.2. The van der Waals surface area contributed by atoms with Crippen LogP contribution >= 0.6 is 15.9 Å². The molecule has 1 fully saturated rings. The molecule has 1 heterocycles. The minimum absolute atomic E-state index is 0.462. The molecule has 3 heteroatoms. The average Bonchev–Trinajstić information content (AvgIpc) is 2.83. The van der Waals surface area contributed by atoms with Gasteiger partial charge in [0.2, 0.25) is 0 Å². The third-order valence-corrected chi connectivity index (χ3v) is 4.25. The summed E-state index contributed by atoms with van der Waals surface area (Å²) >= 11 is 3.50. The second-order valence-electron chi connectivity index (χ2n) is 4.78. The van der Waals surface area contributed by atoms with Crippen molar-refractivity contribution >= 4 is 15.9 Å². The molecule has 0 radical (unpaired) electrons. The van der Waals surface area contributed by atoms with Crippen LogP contribution in [0.5, 0.6) is 0 Å². The van der Waals surface area contributed by atoms with Crippen molar-refractivity contribution in [2.24, 2.45) is 0 Å². The maximum absolute atomic E-state index is 13.2.